The summed E-state index contributed by atoms with van der Waals surface area (Å²) in [6.07, 6.45) is 8.63. The van der Waals surface area contributed by atoms with Gasteiger partial charge in [0.1, 0.15) is 6.04 Å². The molecule has 0 aromatic heterocycles. The van der Waals surface area contributed by atoms with E-state index in [-0.39, 0.29) is 24.4 Å². The molecule has 4 fully saturated rings. The van der Waals surface area contributed by atoms with Crippen LogP contribution >= 0.6 is 11.8 Å². The van der Waals surface area contributed by atoms with Gasteiger partial charge in [0.25, 0.3) is 0 Å². The third kappa shape index (κ3) is 6.15. The first-order valence-corrected chi connectivity index (χ1v) is 15.7. The van der Waals surface area contributed by atoms with Crippen LogP contribution in [0.15, 0.2) is 25.3 Å². The number of carbonyl (C=O) groups excluding carboxylic acids is 3. The molecule has 0 aliphatic carbocycles. The van der Waals surface area contributed by atoms with Gasteiger partial charge >= 0.3 is 5.97 Å². The maximum Gasteiger partial charge on any atom is 0.311 e. The Hall–Kier alpha value is -1.88. The van der Waals surface area contributed by atoms with Gasteiger partial charge in [0, 0.05) is 50.6 Å². The fourth-order valence-corrected chi connectivity index (χ4v) is 9.41. The van der Waals surface area contributed by atoms with Crippen LogP contribution in [0.3, 0.4) is 0 Å². The van der Waals surface area contributed by atoms with Gasteiger partial charge < -0.3 is 24.4 Å². The number of amides is 2. The first-order chi connectivity index (χ1) is 19.3. The van der Waals surface area contributed by atoms with E-state index < -0.39 is 27.4 Å². The fraction of sp³-hybridized carbons (Fsp3) is 0.767. The van der Waals surface area contributed by atoms with Crippen LogP contribution in [0, 0.1) is 11.8 Å². The van der Waals surface area contributed by atoms with E-state index >= 15 is 0 Å². The summed E-state index contributed by atoms with van der Waals surface area (Å²) in [6, 6.07) is -0.630. The summed E-state index contributed by atoms with van der Waals surface area (Å²) in [5.41, 5.74) is 0. The third-order valence-electron chi connectivity index (χ3n) is 9.07. The molecule has 2 bridgehead atoms. The average molecular weight is 578 g/mol. The van der Waals surface area contributed by atoms with E-state index in [1.54, 1.807) is 28.8 Å². The van der Waals surface area contributed by atoms with Crippen molar-refractivity contribution >= 4 is 29.5 Å². The molecule has 0 radical (unpaired) electrons. The van der Waals surface area contributed by atoms with Crippen LogP contribution < -0.4 is 0 Å². The molecule has 5 atom stereocenters. The summed E-state index contributed by atoms with van der Waals surface area (Å²) >= 11 is 1.68. The standard InChI is InChI=1S/C30H47N3O6S/c1-4-6-10-20-39-28(37)24-23-26(35)33(14-8-7-9-19-34)25(30(23)12-11-29(24,3)40-30)27(36)32(13-5-2)16-15-31-17-21-38-22-18-31/h4-5,23-25,34H,1-2,6-22H2,3H3/t23-,24-,25?,29+,30?/m0/s1. The van der Waals surface area contributed by atoms with Crippen LogP contribution in [-0.2, 0) is 23.9 Å². The molecule has 2 amide bonds. The van der Waals surface area contributed by atoms with Crippen LogP contribution in [0.4, 0.5) is 0 Å². The molecule has 224 valence electrons. The molecule has 4 heterocycles. The van der Waals surface area contributed by atoms with Crippen LogP contribution in [0.1, 0.15) is 51.9 Å². The van der Waals surface area contributed by atoms with E-state index in [9.17, 15) is 19.5 Å². The highest BCUT2D eigenvalue weighted by molar-refractivity contribution is 8.02. The van der Waals surface area contributed by atoms with Crippen molar-refractivity contribution in [1.29, 1.82) is 0 Å². The van der Waals surface area contributed by atoms with Crippen molar-refractivity contribution in [2.45, 2.75) is 67.4 Å². The normalized spacial score (nSPS) is 31.3. The number of rotatable bonds is 16. The van der Waals surface area contributed by atoms with Crippen molar-refractivity contribution < 1.29 is 29.0 Å². The molecule has 1 spiro atoms. The molecule has 4 rings (SSSR count). The van der Waals surface area contributed by atoms with Gasteiger partial charge in [-0.2, -0.15) is 0 Å². The second-order valence-corrected chi connectivity index (χ2v) is 13.6. The summed E-state index contributed by atoms with van der Waals surface area (Å²) in [4.78, 5) is 48.1. The summed E-state index contributed by atoms with van der Waals surface area (Å²) in [7, 11) is 0. The summed E-state index contributed by atoms with van der Waals surface area (Å²) < 4.78 is 10.1. The zero-order chi connectivity index (χ0) is 28.8. The van der Waals surface area contributed by atoms with Crippen molar-refractivity contribution in [3.05, 3.63) is 25.3 Å². The smallest absolute Gasteiger partial charge is 0.311 e. The third-order valence-corrected chi connectivity index (χ3v) is 11.1. The van der Waals surface area contributed by atoms with Crippen molar-refractivity contribution in [3.63, 3.8) is 0 Å². The Morgan fingerprint density at radius 2 is 1.93 bits per heavy atom. The van der Waals surface area contributed by atoms with Crippen LogP contribution in [-0.4, -0.2) is 119 Å². The minimum Gasteiger partial charge on any atom is -0.465 e. The number of esters is 1. The van der Waals surface area contributed by atoms with Crippen molar-refractivity contribution in [2.24, 2.45) is 11.8 Å². The zero-order valence-electron chi connectivity index (χ0n) is 24.1. The molecule has 4 aliphatic rings. The Kier molecular flexibility index (Phi) is 10.8. The Morgan fingerprint density at radius 1 is 1.15 bits per heavy atom. The number of morpholine rings is 1. The molecule has 0 aromatic rings. The SMILES string of the molecule is C=CCCCOC(=O)[C@@H]1[C@H]2C(=O)N(CCCCCO)C(C(=O)N(CC=C)CCN3CCOCC3)C23CC[C@@]1(C)S3. The van der Waals surface area contributed by atoms with Gasteiger partial charge in [0.2, 0.25) is 11.8 Å². The van der Waals surface area contributed by atoms with E-state index in [0.717, 1.165) is 45.3 Å². The number of aliphatic hydroxyl groups is 1. The molecular formula is C30H47N3O6S. The first kappa shape index (κ1) is 31.1. The summed E-state index contributed by atoms with van der Waals surface area (Å²) in [5, 5.41) is 9.27. The molecule has 40 heavy (non-hydrogen) atoms. The largest absolute Gasteiger partial charge is 0.465 e. The van der Waals surface area contributed by atoms with Gasteiger partial charge in [-0.25, -0.2) is 0 Å². The van der Waals surface area contributed by atoms with E-state index in [0.29, 0.717) is 58.7 Å². The van der Waals surface area contributed by atoms with Gasteiger partial charge in [-0.05, 0) is 51.9 Å². The van der Waals surface area contributed by atoms with Gasteiger partial charge in [-0.1, -0.05) is 12.2 Å². The highest BCUT2D eigenvalue weighted by atomic mass is 32.2. The van der Waals surface area contributed by atoms with Crippen molar-refractivity contribution in [1.82, 2.24) is 14.7 Å². The number of aliphatic hydroxyl groups excluding tert-OH is 1. The number of hydrogen-bond donors (Lipinski definition) is 1. The first-order valence-electron chi connectivity index (χ1n) is 14.9. The summed E-state index contributed by atoms with van der Waals surface area (Å²) in [6.45, 7) is 15.3. The molecule has 4 aliphatic heterocycles. The van der Waals surface area contributed by atoms with Gasteiger partial charge in [-0.15, -0.1) is 24.9 Å². The highest BCUT2D eigenvalue weighted by Crippen LogP contribution is 2.71. The Balaban J connectivity index is 1.59. The minimum atomic E-state index is -0.650. The zero-order valence-corrected chi connectivity index (χ0v) is 24.9. The maximum absolute atomic E-state index is 14.5. The Morgan fingerprint density at radius 3 is 2.62 bits per heavy atom. The molecule has 0 aromatic carbocycles. The molecule has 9 nitrogen and oxygen atoms in total. The fourth-order valence-electron chi connectivity index (χ4n) is 7.07. The lowest BCUT2D eigenvalue weighted by Crippen LogP contribution is -2.56. The Labute approximate surface area is 243 Å². The van der Waals surface area contributed by atoms with Gasteiger partial charge in [-0.3, -0.25) is 19.3 Å². The van der Waals surface area contributed by atoms with Crippen LogP contribution in [0.5, 0.6) is 0 Å². The van der Waals surface area contributed by atoms with Gasteiger partial charge in [0.15, 0.2) is 0 Å². The predicted molar refractivity (Wildman–Crippen MR) is 156 cm³/mol. The maximum atomic E-state index is 14.5. The lowest BCUT2D eigenvalue weighted by Gasteiger charge is -2.38. The van der Waals surface area contributed by atoms with Crippen LogP contribution in [0.25, 0.3) is 0 Å². The number of fused-ring (bicyclic) bond motifs is 1. The second kappa shape index (κ2) is 13.9. The number of nitrogens with zero attached hydrogens (tertiary/aromatic N) is 3. The van der Waals surface area contributed by atoms with E-state index in [2.05, 4.69) is 25.0 Å². The molecule has 1 N–H and O–H groups in total. The summed E-state index contributed by atoms with van der Waals surface area (Å²) in [5.74, 6) is -1.61. The lowest BCUT2D eigenvalue weighted by atomic mass is 9.66. The molecule has 0 saturated carbocycles. The lowest BCUT2D eigenvalue weighted by molar-refractivity contribution is -0.155. The number of allylic oxidation sites excluding steroid dienone is 1. The van der Waals surface area contributed by atoms with Gasteiger partial charge in [0.05, 0.1) is 36.4 Å². The second-order valence-electron chi connectivity index (χ2n) is 11.7. The number of unbranched alkanes of at least 4 members (excludes halogenated alkanes) is 3. The average Bonchev–Trinajstić information content (AvgIpc) is 3.52. The highest BCUT2D eigenvalue weighted by Gasteiger charge is 2.77. The Bertz CT molecular complexity index is 942. The molecular weight excluding hydrogens is 530 g/mol. The van der Waals surface area contributed by atoms with Crippen LogP contribution in [0.2, 0.25) is 0 Å². The topological polar surface area (TPSA) is 99.6 Å². The number of likely N-dealkylation sites (tertiary alicyclic amines) is 1. The van der Waals surface area contributed by atoms with E-state index in [1.165, 1.54) is 0 Å². The molecule has 10 heteroatoms. The minimum absolute atomic E-state index is 0.0529. The quantitative estimate of drug-likeness (QED) is 0.170. The monoisotopic (exact) mass is 577 g/mol. The predicted octanol–water partition coefficient (Wildman–Crippen LogP) is 2.49. The van der Waals surface area contributed by atoms with E-state index in [4.69, 9.17) is 9.47 Å². The van der Waals surface area contributed by atoms with E-state index in [1.807, 2.05) is 4.90 Å². The van der Waals surface area contributed by atoms with Crippen molar-refractivity contribution in [2.75, 3.05) is 65.7 Å². The molecule has 2 unspecified atom stereocenters. The molecule has 4 saturated heterocycles. The van der Waals surface area contributed by atoms with Crippen molar-refractivity contribution in [3.8, 4) is 0 Å². The number of thioether (sulfide) groups is 1. The number of carbonyl (C=O) groups is 3. The number of hydrogen-bond acceptors (Lipinski definition) is 8. The number of ether oxygens (including phenoxy) is 2.